The summed E-state index contributed by atoms with van der Waals surface area (Å²) in [7, 11) is 0. The molecule has 2 fully saturated rings. The summed E-state index contributed by atoms with van der Waals surface area (Å²) in [4.78, 5) is 18.2. The van der Waals surface area contributed by atoms with Crippen molar-refractivity contribution in [1.82, 2.24) is 20.3 Å². The number of benzene rings is 1. The first-order chi connectivity index (χ1) is 18.6. The van der Waals surface area contributed by atoms with Crippen molar-refractivity contribution in [2.45, 2.75) is 6.92 Å². The predicted octanol–water partition coefficient (Wildman–Crippen LogP) is 4.27. The van der Waals surface area contributed by atoms with Gasteiger partial charge in [-0.3, -0.25) is 4.98 Å². The lowest BCUT2D eigenvalue weighted by Gasteiger charge is -2.29. The second-order valence-corrected chi connectivity index (χ2v) is 9.54. The second-order valence-electron chi connectivity index (χ2n) is 9.54. The lowest BCUT2D eigenvalue weighted by Crippen LogP contribution is -2.43. The van der Waals surface area contributed by atoms with Crippen LogP contribution in [0.4, 0.5) is 31.7 Å². The molecular formula is C28H29F2N7O. The van der Waals surface area contributed by atoms with Crippen LogP contribution in [-0.2, 0) is 4.74 Å². The maximum absolute atomic E-state index is 15.2. The van der Waals surface area contributed by atoms with Crippen LogP contribution < -0.4 is 20.4 Å². The van der Waals surface area contributed by atoms with Gasteiger partial charge in [0.15, 0.2) is 0 Å². The highest BCUT2D eigenvalue weighted by Gasteiger charge is 2.20. The predicted molar refractivity (Wildman–Crippen MR) is 145 cm³/mol. The Hall–Kier alpha value is -3.89. The number of piperazine rings is 1. The van der Waals surface area contributed by atoms with Crippen molar-refractivity contribution >= 4 is 33.8 Å². The molecule has 0 saturated carbocycles. The summed E-state index contributed by atoms with van der Waals surface area (Å²) < 4.78 is 34.9. The van der Waals surface area contributed by atoms with Crippen LogP contribution in [0, 0.1) is 18.6 Å². The van der Waals surface area contributed by atoms with E-state index in [9.17, 15) is 4.39 Å². The molecule has 3 aromatic heterocycles. The van der Waals surface area contributed by atoms with Crippen LogP contribution in [0.3, 0.4) is 0 Å². The van der Waals surface area contributed by atoms with Gasteiger partial charge in [0, 0.05) is 63.2 Å². The third kappa shape index (κ3) is 4.84. The lowest BCUT2D eigenvalue weighted by molar-refractivity contribution is 0.122. The van der Waals surface area contributed by atoms with Gasteiger partial charge in [0.25, 0.3) is 0 Å². The topological polar surface area (TPSA) is 78.4 Å². The minimum Gasteiger partial charge on any atom is -0.378 e. The normalized spacial score (nSPS) is 16.2. The van der Waals surface area contributed by atoms with E-state index in [0.29, 0.717) is 30.3 Å². The van der Waals surface area contributed by atoms with E-state index in [2.05, 4.69) is 35.4 Å². The zero-order valence-corrected chi connectivity index (χ0v) is 21.2. The molecule has 2 saturated heterocycles. The number of morpholine rings is 1. The summed E-state index contributed by atoms with van der Waals surface area (Å²) in [5, 5.41) is 6.94. The van der Waals surface area contributed by atoms with E-state index in [-0.39, 0.29) is 10.9 Å². The van der Waals surface area contributed by atoms with Crippen LogP contribution in [-0.4, -0.2) is 67.4 Å². The van der Waals surface area contributed by atoms with Gasteiger partial charge in [-0.1, -0.05) is 0 Å². The first-order valence-electron chi connectivity index (χ1n) is 12.8. The Morgan fingerprint density at radius 3 is 2.53 bits per heavy atom. The zero-order valence-electron chi connectivity index (χ0n) is 21.2. The number of ether oxygens (including phenoxy) is 1. The maximum atomic E-state index is 15.2. The summed E-state index contributed by atoms with van der Waals surface area (Å²) in [6, 6.07) is 8.07. The van der Waals surface area contributed by atoms with Crippen LogP contribution in [0.1, 0.15) is 5.56 Å². The van der Waals surface area contributed by atoms with E-state index in [0.717, 1.165) is 68.0 Å². The minimum atomic E-state index is -0.675. The minimum absolute atomic E-state index is 0.231. The van der Waals surface area contributed by atoms with Crippen LogP contribution in [0.25, 0.3) is 22.2 Å². The van der Waals surface area contributed by atoms with Gasteiger partial charge in [-0.05, 0) is 30.7 Å². The molecule has 0 bridgehead atoms. The number of anilines is 4. The molecule has 38 heavy (non-hydrogen) atoms. The Kier molecular flexibility index (Phi) is 6.73. The molecule has 0 spiro atoms. The van der Waals surface area contributed by atoms with E-state index < -0.39 is 11.6 Å². The van der Waals surface area contributed by atoms with Crippen molar-refractivity contribution < 1.29 is 13.5 Å². The lowest BCUT2D eigenvalue weighted by atomic mass is 10.0. The summed E-state index contributed by atoms with van der Waals surface area (Å²) in [6.45, 7) is 8.38. The molecule has 0 amide bonds. The number of nitrogens with zero attached hydrogens (tertiary/aromatic N) is 5. The van der Waals surface area contributed by atoms with Gasteiger partial charge < -0.3 is 25.2 Å². The summed E-state index contributed by atoms with van der Waals surface area (Å²) >= 11 is 0. The quantitative estimate of drug-likeness (QED) is 0.407. The molecule has 0 aliphatic carbocycles. The van der Waals surface area contributed by atoms with E-state index in [4.69, 9.17) is 4.74 Å². The number of halogens is 2. The Morgan fingerprint density at radius 1 is 0.947 bits per heavy atom. The fraction of sp³-hybridized carbons (Fsp3) is 0.321. The number of nitrogens with one attached hydrogen (secondary N) is 2. The Balaban J connectivity index is 1.40. The second kappa shape index (κ2) is 10.5. The molecule has 1 aromatic carbocycles. The number of fused-ring (bicyclic) bond motifs is 1. The summed E-state index contributed by atoms with van der Waals surface area (Å²) in [5.74, 6) is -0.448. The summed E-state index contributed by atoms with van der Waals surface area (Å²) in [5.41, 5.74) is 4.53. The molecule has 5 heterocycles. The van der Waals surface area contributed by atoms with Gasteiger partial charge in [-0.15, -0.1) is 0 Å². The number of aromatic nitrogens is 3. The monoisotopic (exact) mass is 517 g/mol. The van der Waals surface area contributed by atoms with Crippen molar-refractivity contribution in [3.8, 4) is 11.3 Å². The van der Waals surface area contributed by atoms with Crippen LogP contribution in [0.2, 0.25) is 0 Å². The number of rotatable bonds is 5. The molecule has 6 rings (SSSR count). The molecule has 10 heteroatoms. The SMILES string of the molecule is Cc1c(-c2ccc(N3CCNCC3)nc2)nc2cc(F)cc(F)c2c1Nc1cncc(N2CCOCC2)c1. The van der Waals surface area contributed by atoms with Gasteiger partial charge in [-0.25, -0.2) is 18.7 Å². The molecular weight excluding hydrogens is 488 g/mol. The highest BCUT2D eigenvalue weighted by atomic mass is 19.1. The molecule has 196 valence electrons. The maximum Gasteiger partial charge on any atom is 0.137 e. The van der Waals surface area contributed by atoms with Gasteiger partial charge >= 0.3 is 0 Å². The fourth-order valence-corrected chi connectivity index (χ4v) is 5.09. The Morgan fingerprint density at radius 2 is 1.76 bits per heavy atom. The zero-order chi connectivity index (χ0) is 26.1. The number of hydrogen-bond donors (Lipinski definition) is 2. The van der Waals surface area contributed by atoms with E-state index in [1.807, 2.05) is 25.1 Å². The third-order valence-electron chi connectivity index (χ3n) is 7.08. The largest absolute Gasteiger partial charge is 0.378 e. The first kappa shape index (κ1) is 24.4. The highest BCUT2D eigenvalue weighted by molar-refractivity contribution is 5.98. The van der Waals surface area contributed by atoms with Crippen molar-refractivity contribution in [1.29, 1.82) is 0 Å². The van der Waals surface area contributed by atoms with Gasteiger partial charge in [0.2, 0.25) is 0 Å². The average molecular weight is 518 g/mol. The van der Waals surface area contributed by atoms with E-state index in [1.165, 1.54) is 6.07 Å². The Bertz CT molecular complexity index is 1450. The molecule has 0 unspecified atom stereocenters. The smallest absolute Gasteiger partial charge is 0.137 e. The Labute approximate surface area is 219 Å². The molecule has 2 aliphatic rings. The standard InChI is InChI=1S/C28H29F2N7O/c1-18-27(19-2-3-25(33-15-19)37-6-4-31-5-7-37)35-24-13-20(29)12-23(30)26(24)28(18)34-21-14-22(17-32-16-21)36-8-10-38-11-9-36/h2-3,12-17,31H,4-11H2,1H3,(H,34,35). The number of pyridine rings is 3. The van der Waals surface area contributed by atoms with Crippen molar-refractivity contribution in [2.75, 3.05) is 67.6 Å². The third-order valence-corrected chi connectivity index (χ3v) is 7.08. The van der Waals surface area contributed by atoms with Crippen molar-refractivity contribution in [3.05, 3.63) is 66.1 Å². The van der Waals surface area contributed by atoms with Crippen molar-refractivity contribution in [2.24, 2.45) is 0 Å². The summed E-state index contributed by atoms with van der Waals surface area (Å²) in [6.07, 6.45) is 5.28. The molecule has 4 aromatic rings. The molecule has 2 N–H and O–H groups in total. The number of hydrogen-bond acceptors (Lipinski definition) is 8. The first-order valence-corrected chi connectivity index (χ1v) is 12.8. The fourth-order valence-electron chi connectivity index (χ4n) is 5.09. The van der Waals surface area contributed by atoms with E-state index >= 15 is 4.39 Å². The molecule has 8 nitrogen and oxygen atoms in total. The molecule has 0 radical (unpaired) electrons. The highest BCUT2D eigenvalue weighted by Crippen LogP contribution is 2.37. The molecule has 0 atom stereocenters. The van der Waals surface area contributed by atoms with Crippen LogP contribution >= 0.6 is 0 Å². The van der Waals surface area contributed by atoms with Gasteiger partial charge in [0.1, 0.15) is 17.5 Å². The average Bonchev–Trinajstić information content (AvgIpc) is 2.95. The molecule has 2 aliphatic heterocycles. The van der Waals surface area contributed by atoms with Crippen molar-refractivity contribution in [3.63, 3.8) is 0 Å². The van der Waals surface area contributed by atoms with Crippen LogP contribution in [0.15, 0.2) is 48.9 Å². The van der Waals surface area contributed by atoms with Crippen LogP contribution in [0.5, 0.6) is 0 Å². The van der Waals surface area contributed by atoms with E-state index in [1.54, 1.807) is 18.6 Å². The van der Waals surface area contributed by atoms with Gasteiger partial charge in [-0.2, -0.15) is 0 Å². The van der Waals surface area contributed by atoms with Gasteiger partial charge in [0.05, 0.1) is 59.3 Å².